The summed E-state index contributed by atoms with van der Waals surface area (Å²) in [6.07, 6.45) is 0. The smallest absolute Gasteiger partial charge is 0.162 e. The fourth-order valence-corrected chi connectivity index (χ4v) is 2.23. The van der Waals surface area contributed by atoms with Crippen molar-refractivity contribution in [1.29, 1.82) is 0 Å². The third kappa shape index (κ3) is 1.35. The van der Waals surface area contributed by atoms with Crippen molar-refractivity contribution in [3.63, 3.8) is 0 Å². The lowest BCUT2D eigenvalue weighted by Gasteiger charge is -1.71. The summed E-state index contributed by atoms with van der Waals surface area (Å²) in [6.45, 7) is 0. The maximum Gasteiger partial charge on any atom is 0.162 e. The number of rotatable bonds is 0. The van der Waals surface area contributed by atoms with Gasteiger partial charge >= 0.3 is 0 Å². The lowest BCUT2D eigenvalue weighted by molar-refractivity contribution is 1.38. The molecule has 0 aliphatic heterocycles. The predicted molar refractivity (Wildman–Crippen MR) is 39.8 cm³/mol. The van der Waals surface area contributed by atoms with Crippen LogP contribution < -0.4 is 0 Å². The van der Waals surface area contributed by atoms with Crippen LogP contribution in [-0.2, 0) is 0 Å². The van der Waals surface area contributed by atoms with Gasteiger partial charge in [-0.05, 0) is 15.9 Å². The molecule has 0 aliphatic rings. The molecule has 0 spiro atoms. The van der Waals surface area contributed by atoms with Crippen LogP contribution in [0.5, 0.6) is 0 Å². The highest BCUT2D eigenvalue weighted by Gasteiger charge is 2.01. The van der Waals surface area contributed by atoms with Crippen molar-refractivity contribution in [2.45, 2.75) is 0 Å². The van der Waals surface area contributed by atoms with Crippen LogP contribution in [0.25, 0.3) is 0 Å². The first-order valence-electron chi connectivity index (χ1n) is 1.67. The van der Waals surface area contributed by atoms with Gasteiger partial charge in [0.15, 0.2) is 9.07 Å². The van der Waals surface area contributed by atoms with Crippen LogP contribution in [0.2, 0.25) is 9.49 Å². The minimum Gasteiger partial charge on any atom is -0.216 e. The van der Waals surface area contributed by atoms with E-state index >= 15 is 0 Å². The Hall–Kier alpha value is 0.690. The van der Waals surface area contributed by atoms with Crippen LogP contribution in [0.15, 0.2) is 3.92 Å². The van der Waals surface area contributed by atoms with Gasteiger partial charge in [-0.2, -0.15) is 0 Å². The molecule has 44 valence electrons. The Morgan fingerprint density at radius 1 is 1.50 bits per heavy atom. The SMILES string of the molecule is Clc1nc(Br)sc1Cl. The molecule has 0 unspecified atom stereocenters. The Morgan fingerprint density at radius 3 is 2.25 bits per heavy atom. The minimum atomic E-state index is 0.364. The number of hydrogen-bond donors (Lipinski definition) is 0. The van der Waals surface area contributed by atoms with Crippen molar-refractivity contribution in [1.82, 2.24) is 4.98 Å². The lowest BCUT2D eigenvalue weighted by atomic mass is 11.0. The molecule has 1 aromatic heterocycles. The van der Waals surface area contributed by atoms with Crippen LogP contribution >= 0.6 is 50.5 Å². The van der Waals surface area contributed by atoms with Crippen molar-refractivity contribution in [3.05, 3.63) is 13.4 Å². The van der Waals surface area contributed by atoms with Crippen LogP contribution in [0.4, 0.5) is 0 Å². The normalized spacial score (nSPS) is 9.88. The van der Waals surface area contributed by atoms with Crippen molar-refractivity contribution in [3.8, 4) is 0 Å². The monoisotopic (exact) mass is 231 g/mol. The van der Waals surface area contributed by atoms with E-state index in [9.17, 15) is 0 Å². The van der Waals surface area contributed by atoms with Crippen molar-refractivity contribution >= 4 is 50.5 Å². The van der Waals surface area contributed by atoms with Gasteiger partial charge in [0.25, 0.3) is 0 Å². The van der Waals surface area contributed by atoms with Crippen LogP contribution in [0, 0.1) is 0 Å². The molecule has 0 aromatic carbocycles. The molecule has 1 aromatic rings. The van der Waals surface area contributed by atoms with E-state index in [1.54, 1.807) is 0 Å². The molecule has 1 nitrogen and oxygen atoms in total. The summed E-state index contributed by atoms with van der Waals surface area (Å²) < 4.78 is 1.24. The summed E-state index contributed by atoms with van der Waals surface area (Å²) in [6, 6.07) is 0. The fourth-order valence-electron chi connectivity index (χ4n) is 0.260. The van der Waals surface area contributed by atoms with Crippen LogP contribution in [0.1, 0.15) is 0 Å². The van der Waals surface area contributed by atoms with Gasteiger partial charge in [-0.1, -0.05) is 34.5 Å². The van der Waals surface area contributed by atoms with Gasteiger partial charge in [0, 0.05) is 0 Å². The Labute approximate surface area is 68.8 Å². The molecule has 0 fully saturated rings. The highest BCUT2D eigenvalue weighted by atomic mass is 79.9. The largest absolute Gasteiger partial charge is 0.216 e. The molecule has 0 N–H and O–H groups in total. The molecule has 0 saturated heterocycles. The van der Waals surface area contributed by atoms with E-state index in [4.69, 9.17) is 23.2 Å². The number of nitrogens with zero attached hydrogens (tertiary/aromatic N) is 1. The van der Waals surface area contributed by atoms with Gasteiger partial charge in [0.2, 0.25) is 0 Å². The zero-order valence-electron chi connectivity index (χ0n) is 3.49. The molecule has 1 heterocycles. The van der Waals surface area contributed by atoms with Gasteiger partial charge in [-0.15, -0.1) is 0 Å². The first-order valence-corrected chi connectivity index (χ1v) is 4.04. The zero-order chi connectivity index (χ0) is 6.15. The van der Waals surface area contributed by atoms with Gasteiger partial charge < -0.3 is 0 Å². The Kier molecular flexibility index (Phi) is 2.14. The third-order valence-electron chi connectivity index (χ3n) is 0.522. The first-order chi connectivity index (χ1) is 3.70. The van der Waals surface area contributed by atoms with E-state index in [1.165, 1.54) is 11.3 Å². The van der Waals surface area contributed by atoms with Crippen LogP contribution in [0.3, 0.4) is 0 Å². The molecule has 0 amide bonds. The summed E-state index contributed by atoms with van der Waals surface area (Å²) in [7, 11) is 0. The maximum absolute atomic E-state index is 5.52. The fraction of sp³-hybridized carbons (Fsp3) is 0. The third-order valence-corrected chi connectivity index (χ3v) is 2.71. The molecule has 0 radical (unpaired) electrons. The van der Waals surface area contributed by atoms with E-state index in [2.05, 4.69) is 20.9 Å². The average Bonchev–Trinajstić information content (AvgIpc) is 1.85. The highest BCUT2D eigenvalue weighted by Crippen LogP contribution is 2.30. The Morgan fingerprint density at radius 2 is 2.12 bits per heavy atom. The number of thiazole rings is 1. The van der Waals surface area contributed by atoms with E-state index in [0.29, 0.717) is 13.4 Å². The second kappa shape index (κ2) is 2.52. The van der Waals surface area contributed by atoms with Gasteiger partial charge in [0.05, 0.1) is 0 Å². The maximum atomic E-state index is 5.52. The molecular weight excluding hydrogens is 233 g/mol. The second-order valence-corrected chi connectivity index (χ2v) is 4.27. The van der Waals surface area contributed by atoms with Crippen molar-refractivity contribution in [2.75, 3.05) is 0 Å². The molecule has 5 heteroatoms. The predicted octanol–water partition coefficient (Wildman–Crippen LogP) is 3.21. The minimum absolute atomic E-state index is 0.364. The van der Waals surface area contributed by atoms with Gasteiger partial charge in [0.1, 0.15) is 4.34 Å². The molecule has 0 aliphatic carbocycles. The average molecular weight is 233 g/mol. The molecular formula is C3BrCl2NS. The molecule has 1 rings (SSSR count). The summed E-state index contributed by atoms with van der Waals surface area (Å²) in [5, 5.41) is 0.364. The van der Waals surface area contributed by atoms with Crippen molar-refractivity contribution in [2.24, 2.45) is 0 Å². The molecule has 0 saturated carbocycles. The Balaban J connectivity index is 3.14. The molecule has 0 bridgehead atoms. The molecule has 0 atom stereocenters. The van der Waals surface area contributed by atoms with Crippen molar-refractivity contribution < 1.29 is 0 Å². The number of halogens is 3. The Bertz CT molecular complexity index is 180. The quantitative estimate of drug-likeness (QED) is 0.670. The lowest BCUT2D eigenvalue weighted by Crippen LogP contribution is -1.57. The summed E-state index contributed by atoms with van der Waals surface area (Å²) in [4.78, 5) is 3.78. The van der Waals surface area contributed by atoms with Crippen LogP contribution in [-0.4, -0.2) is 4.98 Å². The van der Waals surface area contributed by atoms with E-state index in [-0.39, 0.29) is 0 Å². The zero-order valence-corrected chi connectivity index (χ0v) is 7.40. The number of hydrogen-bond acceptors (Lipinski definition) is 2. The topological polar surface area (TPSA) is 12.9 Å². The first kappa shape index (κ1) is 6.81. The molecule has 8 heavy (non-hydrogen) atoms. The van der Waals surface area contributed by atoms with Gasteiger partial charge in [-0.25, -0.2) is 4.98 Å². The van der Waals surface area contributed by atoms with E-state index in [1.807, 2.05) is 0 Å². The summed E-state index contributed by atoms with van der Waals surface area (Å²) in [5.41, 5.74) is 0. The number of aromatic nitrogens is 1. The second-order valence-electron chi connectivity index (χ2n) is 1.03. The summed E-state index contributed by atoms with van der Waals surface area (Å²) in [5.74, 6) is 0. The van der Waals surface area contributed by atoms with E-state index < -0.39 is 0 Å². The standard InChI is InChI=1S/C3BrCl2NS/c4-3-7-1(5)2(6)8-3. The van der Waals surface area contributed by atoms with E-state index in [0.717, 1.165) is 0 Å². The van der Waals surface area contributed by atoms with Gasteiger partial charge in [-0.3, -0.25) is 0 Å². The highest BCUT2D eigenvalue weighted by molar-refractivity contribution is 9.11. The summed E-state index contributed by atoms with van der Waals surface area (Å²) >= 11 is 15.4.